The van der Waals surface area contributed by atoms with Crippen molar-refractivity contribution in [1.82, 2.24) is 10.2 Å². The lowest BCUT2D eigenvalue weighted by Crippen LogP contribution is -2.41. The van der Waals surface area contributed by atoms with Gasteiger partial charge in [0.15, 0.2) is 0 Å². The van der Waals surface area contributed by atoms with Gasteiger partial charge in [0.2, 0.25) is 5.91 Å². The van der Waals surface area contributed by atoms with Crippen molar-refractivity contribution >= 4 is 33.6 Å². The molecule has 1 aliphatic rings. The van der Waals surface area contributed by atoms with Crippen LogP contribution >= 0.6 is 27.7 Å². The monoisotopic (exact) mass is 356 g/mol. The van der Waals surface area contributed by atoms with Gasteiger partial charge in [0.25, 0.3) is 0 Å². The Hall–Kier alpha value is -0.520. The second-order valence-electron chi connectivity index (χ2n) is 5.14. The van der Waals surface area contributed by atoms with Crippen LogP contribution in [0.25, 0.3) is 0 Å². The number of carbonyl (C=O) groups is 1. The van der Waals surface area contributed by atoms with E-state index >= 15 is 0 Å². The summed E-state index contributed by atoms with van der Waals surface area (Å²) in [6, 6.07) is 6.57. The standard InChI is InChI=1S/C15H21BrN2OS/c1-11-8-12(16)5-6-14(11)20-10-15(19)18-7-3-4-13(18)9-17-2/h5-6,8,13,17H,3-4,7,9-10H2,1-2H3. The summed E-state index contributed by atoms with van der Waals surface area (Å²) in [5.41, 5.74) is 1.21. The number of likely N-dealkylation sites (N-methyl/N-ethyl adjacent to an activating group) is 1. The van der Waals surface area contributed by atoms with Crippen LogP contribution in [-0.2, 0) is 4.79 Å². The third kappa shape index (κ3) is 3.99. The summed E-state index contributed by atoms with van der Waals surface area (Å²) in [5, 5.41) is 3.18. The molecule has 1 aliphatic heterocycles. The molecular formula is C15H21BrN2OS. The first-order chi connectivity index (χ1) is 9.61. The third-order valence-corrected chi connectivity index (χ3v) is 5.28. The maximum atomic E-state index is 12.4. The van der Waals surface area contributed by atoms with Gasteiger partial charge < -0.3 is 10.2 Å². The number of rotatable bonds is 5. The van der Waals surface area contributed by atoms with Crippen molar-refractivity contribution in [2.75, 3.05) is 25.9 Å². The molecule has 1 amide bonds. The number of carbonyl (C=O) groups excluding carboxylic acids is 1. The number of nitrogens with one attached hydrogen (secondary N) is 1. The van der Waals surface area contributed by atoms with Crippen molar-refractivity contribution in [2.45, 2.75) is 30.7 Å². The van der Waals surface area contributed by atoms with Crippen molar-refractivity contribution in [3.63, 3.8) is 0 Å². The predicted molar refractivity (Wildman–Crippen MR) is 88.3 cm³/mol. The van der Waals surface area contributed by atoms with Gasteiger partial charge in [-0.1, -0.05) is 15.9 Å². The smallest absolute Gasteiger partial charge is 0.233 e. The highest BCUT2D eigenvalue weighted by Gasteiger charge is 2.27. The lowest BCUT2D eigenvalue weighted by Gasteiger charge is -2.24. The molecule has 1 saturated heterocycles. The van der Waals surface area contributed by atoms with Gasteiger partial charge in [0.05, 0.1) is 5.75 Å². The Morgan fingerprint density at radius 3 is 3.05 bits per heavy atom. The molecule has 0 radical (unpaired) electrons. The van der Waals surface area contributed by atoms with E-state index in [4.69, 9.17) is 0 Å². The number of amides is 1. The molecule has 1 fully saturated rings. The summed E-state index contributed by atoms with van der Waals surface area (Å²) in [7, 11) is 1.95. The Morgan fingerprint density at radius 2 is 2.35 bits per heavy atom. The molecule has 110 valence electrons. The first-order valence-corrected chi connectivity index (χ1v) is 8.72. The van der Waals surface area contributed by atoms with Crippen LogP contribution in [0.1, 0.15) is 18.4 Å². The van der Waals surface area contributed by atoms with E-state index in [0.717, 1.165) is 30.4 Å². The molecule has 1 aromatic carbocycles. The summed E-state index contributed by atoms with van der Waals surface area (Å²) in [5.74, 6) is 0.790. The molecule has 1 unspecified atom stereocenters. The van der Waals surface area contributed by atoms with Crippen LogP contribution in [0.2, 0.25) is 0 Å². The van der Waals surface area contributed by atoms with Crippen molar-refractivity contribution in [2.24, 2.45) is 0 Å². The van der Waals surface area contributed by atoms with E-state index in [1.807, 2.05) is 18.0 Å². The van der Waals surface area contributed by atoms with E-state index in [9.17, 15) is 4.79 Å². The number of hydrogen-bond donors (Lipinski definition) is 1. The van der Waals surface area contributed by atoms with Crippen LogP contribution in [0.15, 0.2) is 27.6 Å². The fourth-order valence-electron chi connectivity index (χ4n) is 2.61. The molecule has 1 aromatic rings. The zero-order valence-corrected chi connectivity index (χ0v) is 14.4. The Morgan fingerprint density at radius 1 is 1.55 bits per heavy atom. The molecule has 5 heteroatoms. The first kappa shape index (κ1) is 15.9. The highest BCUT2D eigenvalue weighted by molar-refractivity contribution is 9.10. The minimum atomic E-state index is 0.259. The molecule has 1 heterocycles. The zero-order chi connectivity index (χ0) is 14.5. The molecule has 0 aromatic heterocycles. The van der Waals surface area contributed by atoms with Gasteiger partial charge in [-0.3, -0.25) is 4.79 Å². The van der Waals surface area contributed by atoms with Gasteiger partial charge in [-0.25, -0.2) is 0 Å². The summed E-state index contributed by atoms with van der Waals surface area (Å²) in [4.78, 5) is 15.6. The number of thioether (sulfide) groups is 1. The third-order valence-electron chi connectivity index (χ3n) is 3.63. The maximum absolute atomic E-state index is 12.4. The molecule has 2 rings (SSSR count). The summed E-state index contributed by atoms with van der Waals surface area (Å²) in [6.07, 6.45) is 2.24. The first-order valence-electron chi connectivity index (χ1n) is 6.95. The van der Waals surface area contributed by atoms with Gasteiger partial charge in [-0.2, -0.15) is 0 Å². The van der Waals surface area contributed by atoms with Gasteiger partial charge in [0.1, 0.15) is 0 Å². The predicted octanol–water partition coefficient (Wildman–Crippen LogP) is 3.06. The van der Waals surface area contributed by atoms with E-state index in [2.05, 4.69) is 40.3 Å². The van der Waals surface area contributed by atoms with Crippen molar-refractivity contribution in [3.8, 4) is 0 Å². The normalized spacial score (nSPS) is 18.6. The second kappa shape index (κ2) is 7.48. The van der Waals surface area contributed by atoms with E-state index in [1.165, 1.54) is 10.5 Å². The minimum absolute atomic E-state index is 0.259. The van der Waals surface area contributed by atoms with Gasteiger partial charge >= 0.3 is 0 Å². The molecular weight excluding hydrogens is 336 g/mol. The molecule has 0 saturated carbocycles. The van der Waals surface area contributed by atoms with Gasteiger partial charge in [-0.15, -0.1) is 11.8 Å². The maximum Gasteiger partial charge on any atom is 0.233 e. The Kier molecular flexibility index (Phi) is 5.93. The Labute approximate surface area is 133 Å². The summed E-state index contributed by atoms with van der Waals surface area (Å²) >= 11 is 5.10. The zero-order valence-electron chi connectivity index (χ0n) is 12.0. The van der Waals surface area contributed by atoms with E-state index in [1.54, 1.807) is 11.8 Å². The van der Waals surface area contributed by atoms with Crippen LogP contribution < -0.4 is 5.32 Å². The lowest BCUT2D eigenvalue weighted by molar-refractivity contribution is -0.129. The molecule has 1 N–H and O–H groups in total. The number of likely N-dealkylation sites (tertiary alicyclic amines) is 1. The largest absolute Gasteiger partial charge is 0.338 e. The number of hydrogen-bond acceptors (Lipinski definition) is 3. The highest BCUT2D eigenvalue weighted by atomic mass is 79.9. The SMILES string of the molecule is CNCC1CCCN1C(=O)CSc1ccc(Br)cc1C. The van der Waals surface area contributed by atoms with Crippen molar-refractivity contribution in [1.29, 1.82) is 0 Å². The molecule has 3 nitrogen and oxygen atoms in total. The molecule has 0 aliphatic carbocycles. The van der Waals surface area contributed by atoms with Crippen molar-refractivity contribution < 1.29 is 4.79 Å². The average molecular weight is 357 g/mol. The Bertz CT molecular complexity index is 481. The highest BCUT2D eigenvalue weighted by Crippen LogP contribution is 2.26. The quantitative estimate of drug-likeness (QED) is 0.822. The van der Waals surface area contributed by atoms with E-state index in [0.29, 0.717) is 11.8 Å². The van der Waals surface area contributed by atoms with Crippen molar-refractivity contribution in [3.05, 3.63) is 28.2 Å². The number of benzene rings is 1. The fourth-order valence-corrected chi connectivity index (χ4v) is 3.98. The molecule has 0 bridgehead atoms. The lowest BCUT2D eigenvalue weighted by atomic mass is 10.2. The number of nitrogens with zero attached hydrogens (tertiary/aromatic N) is 1. The summed E-state index contributed by atoms with van der Waals surface area (Å²) < 4.78 is 1.08. The van der Waals surface area contributed by atoms with Gasteiger partial charge in [0, 0.05) is 28.5 Å². The van der Waals surface area contributed by atoms with Crippen LogP contribution in [0.4, 0.5) is 0 Å². The van der Waals surface area contributed by atoms with Crippen LogP contribution in [0, 0.1) is 6.92 Å². The van der Waals surface area contributed by atoms with Crippen LogP contribution in [-0.4, -0.2) is 42.7 Å². The molecule has 1 atom stereocenters. The van der Waals surface area contributed by atoms with Gasteiger partial charge in [-0.05, 0) is 50.6 Å². The number of halogens is 1. The van der Waals surface area contributed by atoms with Crippen LogP contribution in [0.3, 0.4) is 0 Å². The minimum Gasteiger partial charge on any atom is -0.338 e. The topological polar surface area (TPSA) is 32.3 Å². The number of aryl methyl sites for hydroxylation is 1. The summed E-state index contributed by atoms with van der Waals surface area (Å²) in [6.45, 7) is 3.88. The second-order valence-corrected chi connectivity index (χ2v) is 7.07. The molecule has 0 spiro atoms. The Balaban J connectivity index is 1.91. The van der Waals surface area contributed by atoms with E-state index < -0.39 is 0 Å². The van der Waals surface area contributed by atoms with E-state index in [-0.39, 0.29) is 5.91 Å². The molecule has 20 heavy (non-hydrogen) atoms. The fraction of sp³-hybridized carbons (Fsp3) is 0.533. The van der Waals surface area contributed by atoms with Crippen LogP contribution in [0.5, 0.6) is 0 Å². The average Bonchev–Trinajstić information content (AvgIpc) is 2.86.